The van der Waals surface area contributed by atoms with E-state index >= 15 is 0 Å². The van der Waals surface area contributed by atoms with E-state index in [1.807, 2.05) is 18.2 Å². The van der Waals surface area contributed by atoms with E-state index in [2.05, 4.69) is 4.98 Å². The summed E-state index contributed by atoms with van der Waals surface area (Å²) in [5.74, 6) is -1.08. The van der Waals surface area contributed by atoms with Gasteiger partial charge in [-0.25, -0.2) is 9.78 Å². The van der Waals surface area contributed by atoms with Gasteiger partial charge in [0.1, 0.15) is 0 Å². The third kappa shape index (κ3) is 1.90. The second-order valence-electron chi connectivity index (χ2n) is 3.19. The average Bonchev–Trinajstić information content (AvgIpc) is 2.29. The topological polar surface area (TPSA) is 50.2 Å². The van der Waals surface area contributed by atoms with Gasteiger partial charge in [-0.1, -0.05) is 41.9 Å². The minimum absolute atomic E-state index is 0.0290. The van der Waals surface area contributed by atoms with Gasteiger partial charge in [0, 0.05) is 11.8 Å². The minimum atomic E-state index is -1.08. The number of hydrogen-bond donors (Lipinski definition) is 1. The van der Waals surface area contributed by atoms with Gasteiger partial charge in [0.2, 0.25) is 0 Å². The number of carbonyl (C=O) groups is 1. The van der Waals surface area contributed by atoms with Crippen molar-refractivity contribution in [2.45, 2.75) is 0 Å². The van der Waals surface area contributed by atoms with Crippen LogP contribution in [0, 0.1) is 0 Å². The summed E-state index contributed by atoms with van der Waals surface area (Å²) in [6.07, 6.45) is 1.39. The SMILES string of the molecule is O=C(O)c1nccc(Cl)c1-c1ccccc1. The van der Waals surface area contributed by atoms with Crippen molar-refractivity contribution in [1.29, 1.82) is 0 Å². The van der Waals surface area contributed by atoms with Crippen LogP contribution in [-0.4, -0.2) is 16.1 Å². The Hall–Kier alpha value is -1.87. The Morgan fingerprint density at radius 3 is 2.50 bits per heavy atom. The zero-order valence-electron chi connectivity index (χ0n) is 8.22. The standard InChI is InChI=1S/C12H8ClNO2/c13-9-6-7-14-11(12(15)16)10(9)8-4-2-1-3-5-8/h1-7H,(H,15,16). The highest BCUT2D eigenvalue weighted by Gasteiger charge is 2.15. The molecule has 80 valence electrons. The second kappa shape index (κ2) is 4.33. The molecule has 0 saturated carbocycles. The highest BCUT2D eigenvalue weighted by atomic mass is 35.5. The van der Waals surface area contributed by atoms with E-state index in [1.165, 1.54) is 6.20 Å². The fourth-order valence-electron chi connectivity index (χ4n) is 1.48. The Balaban J connectivity index is 2.68. The van der Waals surface area contributed by atoms with Crippen LogP contribution in [0.4, 0.5) is 0 Å². The van der Waals surface area contributed by atoms with Gasteiger partial charge in [-0.2, -0.15) is 0 Å². The van der Waals surface area contributed by atoms with E-state index in [0.717, 1.165) is 5.56 Å². The van der Waals surface area contributed by atoms with E-state index in [1.54, 1.807) is 18.2 Å². The van der Waals surface area contributed by atoms with Gasteiger partial charge in [0.05, 0.1) is 5.02 Å². The Kier molecular flexibility index (Phi) is 2.88. The monoisotopic (exact) mass is 233 g/mol. The van der Waals surface area contributed by atoms with Crippen LogP contribution in [0.3, 0.4) is 0 Å². The van der Waals surface area contributed by atoms with E-state index in [-0.39, 0.29) is 5.69 Å². The number of benzene rings is 1. The smallest absolute Gasteiger partial charge is 0.355 e. The van der Waals surface area contributed by atoms with Gasteiger partial charge in [0.15, 0.2) is 5.69 Å². The van der Waals surface area contributed by atoms with Crippen LogP contribution in [-0.2, 0) is 0 Å². The summed E-state index contributed by atoms with van der Waals surface area (Å²) < 4.78 is 0. The summed E-state index contributed by atoms with van der Waals surface area (Å²) in [4.78, 5) is 14.9. The lowest BCUT2D eigenvalue weighted by Crippen LogP contribution is -2.03. The molecular formula is C12H8ClNO2. The molecule has 2 rings (SSSR count). The van der Waals surface area contributed by atoms with Crippen LogP contribution in [0.5, 0.6) is 0 Å². The van der Waals surface area contributed by atoms with Gasteiger partial charge in [-0.05, 0) is 11.6 Å². The summed E-state index contributed by atoms with van der Waals surface area (Å²) >= 11 is 6.00. The molecule has 0 aliphatic heterocycles. The third-order valence-corrected chi connectivity index (χ3v) is 2.48. The van der Waals surface area contributed by atoms with Crippen molar-refractivity contribution in [1.82, 2.24) is 4.98 Å². The Bertz CT molecular complexity index is 526. The molecule has 4 heteroatoms. The number of rotatable bonds is 2. The highest BCUT2D eigenvalue weighted by molar-refractivity contribution is 6.34. The van der Waals surface area contributed by atoms with Crippen molar-refractivity contribution in [3.05, 3.63) is 53.3 Å². The molecule has 0 radical (unpaired) electrons. The molecule has 0 atom stereocenters. The molecule has 0 spiro atoms. The first-order valence-electron chi connectivity index (χ1n) is 4.63. The van der Waals surface area contributed by atoms with Crippen molar-refractivity contribution in [3.8, 4) is 11.1 Å². The summed E-state index contributed by atoms with van der Waals surface area (Å²) in [7, 11) is 0. The van der Waals surface area contributed by atoms with E-state index in [4.69, 9.17) is 16.7 Å². The molecule has 2 aromatic rings. The molecular weight excluding hydrogens is 226 g/mol. The van der Waals surface area contributed by atoms with Crippen LogP contribution < -0.4 is 0 Å². The second-order valence-corrected chi connectivity index (χ2v) is 3.59. The molecule has 0 aliphatic carbocycles. The number of hydrogen-bond acceptors (Lipinski definition) is 2. The number of aromatic carboxylic acids is 1. The fraction of sp³-hybridized carbons (Fsp3) is 0. The lowest BCUT2D eigenvalue weighted by Gasteiger charge is -2.07. The van der Waals surface area contributed by atoms with Gasteiger partial charge in [-0.15, -0.1) is 0 Å². The number of nitrogens with zero attached hydrogens (tertiary/aromatic N) is 1. The number of aromatic nitrogens is 1. The Labute approximate surface area is 97.3 Å². The maximum atomic E-state index is 11.0. The zero-order chi connectivity index (χ0) is 11.5. The molecule has 1 N–H and O–H groups in total. The summed E-state index contributed by atoms with van der Waals surface area (Å²) in [6, 6.07) is 10.7. The van der Waals surface area contributed by atoms with Crippen molar-refractivity contribution in [2.75, 3.05) is 0 Å². The molecule has 3 nitrogen and oxygen atoms in total. The van der Waals surface area contributed by atoms with Gasteiger partial charge < -0.3 is 5.11 Å². The third-order valence-electron chi connectivity index (χ3n) is 2.17. The van der Waals surface area contributed by atoms with Gasteiger partial charge in [0.25, 0.3) is 0 Å². The quantitative estimate of drug-likeness (QED) is 0.867. The van der Waals surface area contributed by atoms with Crippen LogP contribution in [0.2, 0.25) is 5.02 Å². The van der Waals surface area contributed by atoms with Crippen LogP contribution in [0.1, 0.15) is 10.5 Å². The van der Waals surface area contributed by atoms with Crippen molar-refractivity contribution in [3.63, 3.8) is 0 Å². The van der Waals surface area contributed by atoms with Gasteiger partial charge in [-0.3, -0.25) is 0 Å². The van der Waals surface area contributed by atoms with Crippen LogP contribution in [0.25, 0.3) is 11.1 Å². The maximum absolute atomic E-state index is 11.0. The number of carboxylic acids is 1. The predicted octanol–water partition coefficient (Wildman–Crippen LogP) is 3.10. The maximum Gasteiger partial charge on any atom is 0.355 e. The molecule has 0 bridgehead atoms. The average molecular weight is 234 g/mol. The normalized spacial score (nSPS) is 10.1. The van der Waals surface area contributed by atoms with Gasteiger partial charge >= 0.3 is 5.97 Å². The minimum Gasteiger partial charge on any atom is -0.476 e. The molecule has 1 aromatic heterocycles. The van der Waals surface area contributed by atoms with E-state index < -0.39 is 5.97 Å². The summed E-state index contributed by atoms with van der Waals surface area (Å²) in [6.45, 7) is 0. The summed E-state index contributed by atoms with van der Waals surface area (Å²) in [5.41, 5.74) is 1.17. The first-order valence-corrected chi connectivity index (χ1v) is 5.01. The predicted molar refractivity (Wildman–Crippen MR) is 61.6 cm³/mol. The number of pyridine rings is 1. The molecule has 1 aromatic carbocycles. The lowest BCUT2D eigenvalue weighted by atomic mass is 10.0. The van der Waals surface area contributed by atoms with Crippen molar-refractivity contribution in [2.24, 2.45) is 0 Å². The Morgan fingerprint density at radius 2 is 1.88 bits per heavy atom. The fourth-order valence-corrected chi connectivity index (χ4v) is 1.73. The number of carboxylic acid groups (broad SMARTS) is 1. The molecule has 0 amide bonds. The first kappa shape index (κ1) is 10.6. The summed E-state index contributed by atoms with van der Waals surface area (Å²) in [5, 5.41) is 9.42. The zero-order valence-corrected chi connectivity index (χ0v) is 8.98. The van der Waals surface area contributed by atoms with Crippen molar-refractivity contribution < 1.29 is 9.90 Å². The van der Waals surface area contributed by atoms with E-state index in [9.17, 15) is 4.79 Å². The number of halogens is 1. The van der Waals surface area contributed by atoms with Crippen LogP contribution >= 0.6 is 11.6 Å². The molecule has 16 heavy (non-hydrogen) atoms. The lowest BCUT2D eigenvalue weighted by molar-refractivity contribution is 0.0691. The van der Waals surface area contributed by atoms with E-state index in [0.29, 0.717) is 10.6 Å². The Morgan fingerprint density at radius 1 is 1.19 bits per heavy atom. The van der Waals surface area contributed by atoms with Crippen LogP contribution in [0.15, 0.2) is 42.6 Å². The molecule has 0 aliphatic rings. The largest absolute Gasteiger partial charge is 0.476 e. The van der Waals surface area contributed by atoms with Crippen molar-refractivity contribution >= 4 is 17.6 Å². The highest BCUT2D eigenvalue weighted by Crippen LogP contribution is 2.29. The first-order chi connectivity index (χ1) is 7.70. The molecule has 0 unspecified atom stereocenters. The molecule has 0 saturated heterocycles. The molecule has 1 heterocycles. The molecule has 0 fully saturated rings.